The number of para-hydroxylation sites is 1. The van der Waals surface area contributed by atoms with E-state index in [-0.39, 0.29) is 0 Å². The molecule has 0 aliphatic heterocycles. The molecule has 0 spiro atoms. The molecule has 3 aromatic carbocycles. The second-order valence-electron chi connectivity index (χ2n) is 5.24. The van der Waals surface area contributed by atoms with Crippen LogP contribution in [0.15, 0.2) is 78.9 Å². The van der Waals surface area contributed by atoms with Crippen LogP contribution in [0.1, 0.15) is 10.4 Å². The van der Waals surface area contributed by atoms with Crippen molar-refractivity contribution in [3.8, 4) is 5.88 Å². The lowest BCUT2D eigenvalue weighted by Gasteiger charge is -2.09. The molecule has 0 N–H and O–H groups in total. The number of ether oxygens (including phenoxy) is 1. The maximum Gasteiger partial charge on any atom is 0.344 e. The predicted molar refractivity (Wildman–Crippen MR) is 90.6 cm³/mol. The van der Waals surface area contributed by atoms with Crippen molar-refractivity contribution < 1.29 is 9.53 Å². The van der Waals surface area contributed by atoms with Gasteiger partial charge in [0, 0.05) is 10.8 Å². The quantitative estimate of drug-likeness (QED) is 0.401. The lowest BCUT2D eigenvalue weighted by Crippen LogP contribution is -2.09. The van der Waals surface area contributed by atoms with E-state index in [9.17, 15) is 4.79 Å². The smallest absolute Gasteiger partial charge is 0.344 e. The van der Waals surface area contributed by atoms with Gasteiger partial charge in [-0.25, -0.2) is 9.78 Å². The van der Waals surface area contributed by atoms with E-state index in [0.717, 1.165) is 21.7 Å². The molecule has 0 saturated carbocycles. The summed E-state index contributed by atoms with van der Waals surface area (Å²) in [5.74, 6) is -0.0633. The molecule has 0 amide bonds. The molecule has 4 aromatic rings. The van der Waals surface area contributed by atoms with Crippen molar-refractivity contribution in [1.82, 2.24) is 4.98 Å². The zero-order valence-corrected chi connectivity index (χ0v) is 12.3. The maximum absolute atomic E-state index is 12.3. The maximum atomic E-state index is 12.3. The van der Waals surface area contributed by atoms with Crippen LogP contribution in [0, 0.1) is 0 Å². The molecule has 0 atom stereocenters. The van der Waals surface area contributed by atoms with Gasteiger partial charge in [0.15, 0.2) is 0 Å². The zero-order valence-electron chi connectivity index (χ0n) is 12.3. The molecule has 0 aliphatic rings. The number of hydrogen-bond acceptors (Lipinski definition) is 3. The summed E-state index contributed by atoms with van der Waals surface area (Å²) in [7, 11) is 0. The number of carbonyl (C=O) groups is 1. The fourth-order valence-electron chi connectivity index (χ4n) is 2.67. The van der Waals surface area contributed by atoms with E-state index in [2.05, 4.69) is 4.98 Å². The van der Waals surface area contributed by atoms with Crippen LogP contribution in [0.25, 0.3) is 21.7 Å². The number of hydrogen-bond donors (Lipinski definition) is 0. The van der Waals surface area contributed by atoms with Crippen LogP contribution in [0.2, 0.25) is 0 Å². The van der Waals surface area contributed by atoms with Crippen molar-refractivity contribution in [3.63, 3.8) is 0 Å². The molecule has 3 nitrogen and oxygen atoms in total. The zero-order chi connectivity index (χ0) is 15.6. The Morgan fingerprint density at radius 2 is 1.30 bits per heavy atom. The number of aromatic nitrogens is 1. The standard InChI is InChI=1S/C20H13NO2/c22-20(14-8-2-1-3-9-14)23-19-17-12-5-4-10-15(17)16-11-6-7-13-18(16)21-19/h1-13H. The van der Waals surface area contributed by atoms with Gasteiger partial charge in [-0.1, -0.05) is 54.6 Å². The second-order valence-corrected chi connectivity index (χ2v) is 5.24. The van der Waals surface area contributed by atoms with Crippen LogP contribution >= 0.6 is 0 Å². The van der Waals surface area contributed by atoms with E-state index in [4.69, 9.17) is 4.74 Å². The summed E-state index contributed by atoms with van der Waals surface area (Å²) in [4.78, 5) is 16.9. The molecule has 1 heterocycles. The Morgan fingerprint density at radius 1 is 0.696 bits per heavy atom. The van der Waals surface area contributed by atoms with Crippen molar-refractivity contribution in [2.45, 2.75) is 0 Å². The van der Waals surface area contributed by atoms with Crippen LogP contribution in [0.5, 0.6) is 5.88 Å². The summed E-state index contributed by atoms with van der Waals surface area (Å²) in [5, 5.41) is 2.90. The molecule has 3 heteroatoms. The molecule has 1 aromatic heterocycles. The van der Waals surface area contributed by atoms with Crippen molar-refractivity contribution in [2.75, 3.05) is 0 Å². The van der Waals surface area contributed by atoms with Gasteiger partial charge in [-0.3, -0.25) is 0 Å². The largest absolute Gasteiger partial charge is 0.403 e. The second kappa shape index (κ2) is 5.54. The van der Waals surface area contributed by atoms with Gasteiger partial charge in [0.2, 0.25) is 5.88 Å². The van der Waals surface area contributed by atoms with E-state index >= 15 is 0 Å². The molecular formula is C20H13NO2. The first-order valence-electron chi connectivity index (χ1n) is 7.37. The first-order valence-corrected chi connectivity index (χ1v) is 7.37. The minimum atomic E-state index is -0.404. The van der Waals surface area contributed by atoms with Crippen molar-refractivity contribution in [3.05, 3.63) is 84.4 Å². The number of carbonyl (C=O) groups excluding carboxylic acids is 1. The number of fused-ring (bicyclic) bond motifs is 3. The SMILES string of the molecule is O=C(Oc1nc2ccccc2c2ccccc12)c1ccccc1. The fraction of sp³-hybridized carbons (Fsp3) is 0. The Hall–Kier alpha value is -3.20. The van der Waals surface area contributed by atoms with Gasteiger partial charge < -0.3 is 4.74 Å². The Bertz CT molecular complexity index is 1010. The minimum absolute atomic E-state index is 0.341. The molecule has 0 bridgehead atoms. The van der Waals surface area contributed by atoms with Gasteiger partial charge in [-0.05, 0) is 29.7 Å². The van der Waals surface area contributed by atoms with E-state index in [1.165, 1.54) is 0 Å². The fourth-order valence-corrected chi connectivity index (χ4v) is 2.67. The molecule has 0 fully saturated rings. The average molecular weight is 299 g/mol. The van der Waals surface area contributed by atoms with Crippen molar-refractivity contribution in [2.24, 2.45) is 0 Å². The number of rotatable bonds is 2. The van der Waals surface area contributed by atoms with Gasteiger partial charge in [-0.2, -0.15) is 0 Å². The van der Waals surface area contributed by atoms with Gasteiger partial charge in [0.1, 0.15) is 0 Å². The molecule has 0 saturated heterocycles. The lowest BCUT2D eigenvalue weighted by molar-refractivity contribution is 0.0730. The van der Waals surface area contributed by atoms with Gasteiger partial charge in [0.25, 0.3) is 0 Å². The summed E-state index contributed by atoms with van der Waals surface area (Å²) in [5.41, 5.74) is 1.31. The summed E-state index contributed by atoms with van der Waals surface area (Å²) in [6.07, 6.45) is 0. The van der Waals surface area contributed by atoms with Gasteiger partial charge in [-0.15, -0.1) is 0 Å². The molecule has 0 aliphatic carbocycles. The minimum Gasteiger partial charge on any atom is -0.403 e. The highest BCUT2D eigenvalue weighted by Gasteiger charge is 2.13. The van der Waals surface area contributed by atoms with Gasteiger partial charge >= 0.3 is 5.97 Å². The number of nitrogens with zero attached hydrogens (tertiary/aromatic N) is 1. The van der Waals surface area contributed by atoms with E-state index in [0.29, 0.717) is 11.4 Å². The summed E-state index contributed by atoms with van der Waals surface area (Å²) < 4.78 is 5.57. The Labute approximate surface area is 133 Å². The summed E-state index contributed by atoms with van der Waals surface area (Å²) in [6.45, 7) is 0. The lowest BCUT2D eigenvalue weighted by atomic mass is 10.1. The highest BCUT2D eigenvalue weighted by Crippen LogP contribution is 2.30. The Kier molecular flexibility index (Phi) is 3.24. The number of benzene rings is 3. The Balaban J connectivity index is 1.87. The van der Waals surface area contributed by atoms with Crippen LogP contribution in [-0.2, 0) is 0 Å². The third kappa shape index (κ3) is 2.42. The highest BCUT2D eigenvalue weighted by molar-refractivity contribution is 6.08. The van der Waals surface area contributed by atoms with Crippen LogP contribution in [0.3, 0.4) is 0 Å². The van der Waals surface area contributed by atoms with Crippen molar-refractivity contribution >= 4 is 27.6 Å². The number of pyridine rings is 1. The summed E-state index contributed by atoms with van der Waals surface area (Å²) >= 11 is 0. The average Bonchev–Trinajstić information content (AvgIpc) is 2.62. The van der Waals surface area contributed by atoms with Gasteiger partial charge in [0.05, 0.1) is 11.1 Å². The topological polar surface area (TPSA) is 39.2 Å². The predicted octanol–water partition coefficient (Wildman–Crippen LogP) is 4.61. The molecule has 0 radical (unpaired) electrons. The monoisotopic (exact) mass is 299 g/mol. The molecule has 0 unspecified atom stereocenters. The van der Waals surface area contributed by atoms with E-state index in [1.54, 1.807) is 12.1 Å². The third-order valence-corrected chi connectivity index (χ3v) is 3.77. The van der Waals surface area contributed by atoms with E-state index < -0.39 is 5.97 Å². The Morgan fingerprint density at radius 3 is 2.09 bits per heavy atom. The first-order chi connectivity index (χ1) is 11.3. The molecule has 23 heavy (non-hydrogen) atoms. The normalized spacial score (nSPS) is 10.8. The van der Waals surface area contributed by atoms with Crippen LogP contribution in [-0.4, -0.2) is 11.0 Å². The number of esters is 1. The van der Waals surface area contributed by atoms with Crippen molar-refractivity contribution in [1.29, 1.82) is 0 Å². The van der Waals surface area contributed by atoms with Crippen LogP contribution in [0.4, 0.5) is 0 Å². The first kappa shape index (κ1) is 13.5. The van der Waals surface area contributed by atoms with E-state index in [1.807, 2.05) is 66.7 Å². The molecule has 110 valence electrons. The third-order valence-electron chi connectivity index (χ3n) is 3.77. The molecule has 4 rings (SSSR count). The highest BCUT2D eigenvalue weighted by atomic mass is 16.5. The van der Waals surface area contributed by atoms with Crippen LogP contribution < -0.4 is 4.74 Å². The molecular weight excluding hydrogens is 286 g/mol. The summed E-state index contributed by atoms with van der Waals surface area (Å²) in [6, 6.07) is 24.6.